The summed E-state index contributed by atoms with van der Waals surface area (Å²) >= 11 is 18.8. The Morgan fingerprint density at radius 3 is 2.48 bits per heavy atom. The van der Waals surface area contributed by atoms with Gasteiger partial charge >= 0.3 is 0 Å². The molecular formula is C23H14Cl3N3O3S. The fourth-order valence-electron chi connectivity index (χ4n) is 2.99. The van der Waals surface area contributed by atoms with Gasteiger partial charge in [0.25, 0.3) is 11.1 Å². The van der Waals surface area contributed by atoms with E-state index in [1.807, 2.05) is 0 Å². The van der Waals surface area contributed by atoms with Crippen molar-refractivity contribution in [2.75, 3.05) is 0 Å². The van der Waals surface area contributed by atoms with Gasteiger partial charge in [0.15, 0.2) is 0 Å². The van der Waals surface area contributed by atoms with Gasteiger partial charge in [-0.1, -0.05) is 46.9 Å². The first-order valence-corrected chi connectivity index (χ1v) is 11.4. The lowest BCUT2D eigenvalue weighted by Gasteiger charge is -2.12. The summed E-state index contributed by atoms with van der Waals surface area (Å²) in [5.41, 5.74) is 1.90. The number of phenolic OH excluding ortho intramolecular Hbond substituents is 1. The Morgan fingerprint density at radius 2 is 1.73 bits per heavy atom. The number of hydrogen-bond acceptors (Lipinski definition) is 6. The van der Waals surface area contributed by atoms with E-state index in [-0.39, 0.29) is 17.2 Å². The molecule has 0 bridgehead atoms. The molecule has 1 aliphatic heterocycles. The highest BCUT2D eigenvalue weighted by Crippen LogP contribution is 2.36. The number of carbonyl (C=O) groups excluding carboxylic acids is 2. The lowest BCUT2D eigenvalue weighted by molar-refractivity contribution is -0.123. The molecule has 1 saturated heterocycles. The van der Waals surface area contributed by atoms with Crippen molar-refractivity contribution >= 4 is 75.2 Å². The average molecular weight is 519 g/mol. The predicted octanol–water partition coefficient (Wildman–Crippen LogP) is 8.00. The van der Waals surface area contributed by atoms with E-state index in [9.17, 15) is 14.7 Å². The number of hydrogen-bond donors (Lipinski definition) is 1. The van der Waals surface area contributed by atoms with Gasteiger partial charge in [-0.15, -0.1) is 5.11 Å². The van der Waals surface area contributed by atoms with Crippen LogP contribution in [-0.4, -0.2) is 21.2 Å². The predicted molar refractivity (Wildman–Crippen MR) is 132 cm³/mol. The number of rotatable bonds is 5. The highest BCUT2D eigenvalue weighted by Gasteiger charge is 2.35. The second kappa shape index (κ2) is 9.97. The number of phenols is 1. The zero-order chi connectivity index (χ0) is 23.5. The SMILES string of the molecule is O=C1S/C(=C\c2cc(N=Nc3ccc(Cl)cc3Cl)ccc2O)C(=O)N1Cc1cccc(Cl)c1. The molecule has 6 nitrogen and oxygen atoms in total. The molecule has 33 heavy (non-hydrogen) atoms. The lowest BCUT2D eigenvalue weighted by atomic mass is 10.1. The maximum Gasteiger partial charge on any atom is 0.293 e. The first-order valence-electron chi connectivity index (χ1n) is 9.50. The molecule has 10 heteroatoms. The Bertz CT molecular complexity index is 1330. The number of carbonyl (C=O) groups is 2. The van der Waals surface area contributed by atoms with Gasteiger partial charge in [-0.05, 0) is 71.9 Å². The minimum atomic E-state index is -0.454. The fourth-order valence-corrected chi connectivity index (χ4v) is 4.48. The van der Waals surface area contributed by atoms with E-state index in [1.165, 1.54) is 12.1 Å². The molecule has 3 aromatic carbocycles. The van der Waals surface area contributed by atoms with Gasteiger partial charge in [-0.3, -0.25) is 14.5 Å². The summed E-state index contributed by atoms with van der Waals surface area (Å²) in [5, 5.41) is 19.4. The van der Waals surface area contributed by atoms with Crippen molar-refractivity contribution in [3.05, 3.63) is 91.8 Å². The van der Waals surface area contributed by atoms with Gasteiger partial charge in [0.05, 0.1) is 22.2 Å². The van der Waals surface area contributed by atoms with Crippen LogP contribution in [0.4, 0.5) is 16.2 Å². The summed E-state index contributed by atoms with van der Waals surface area (Å²) in [7, 11) is 0. The van der Waals surface area contributed by atoms with Crippen molar-refractivity contribution in [2.24, 2.45) is 10.2 Å². The van der Waals surface area contributed by atoms with Gasteiger partial charge in [-0.2, -0.15) is 5.11 Å². The molecule has 4 rings (SSSR count). The maximum atomic E-state index is 12.8. The van der Waals surface area contributed by atoms with Gasteiger partial charge in [0, 0.05) is 15.6 Å². The van der Waals surface area contributed by atoms with E-state index in [0.717, 1.165) is 22.2 Å². The molecule has 3 aromatic rings. The number of imide groups is 1. The number of halogens is 3. The summed E-state index contributed by atoms with van der Waals surface area (Å²) in [5.74, 6) is -0.524. The van der Waals surface area contributed by atoms with Gasteiger partial charge in [0.2, 0.25) is 0 Å². The van der Waals surface area contributed by atoms with Crippen LogP contribution in [0.1, 0.15) is 11.1 Å². The minimum absolute atomic E-state index is 0.0693. The lowest BCUT2D eigenvalue weighted by Crippen LogP contribution is -2.27. The standard InChI is InChI=1S/C23H14Cl3N3O3S/c24-15-3-1-2-13(8-15)12-29-22(31)21(33-23(29)32)10-14-9-17(5-7-20(14)30)27-28-19-6-4-16(25)11-18(19)26/h1-11,30H,12H2/b21-10-,28-27?. The molecule has 1 fully saturated rings. The van der Waals surface area contributed by atoms with E-state index in [0.29, 0.717) is 32.0 Å². The third kappa shape index (κ3) is 5.57. The number of amides is 2. The van der Waals surface area contributed by atoms with Crippen molar-refractivity contribution < 1.29 is 14.7 Å². The van der Waals surface area contributed by atoms with E-state index in [2.05, 4.69) is 10.2 Å². The van der Waals surface area contributed by atoms with Crippen molar-refractivity contribution in [1.29, 1.82) is 0 Å². The molecule has 0 aliphatic carbocycles. The quantitative estimate of drug-likeness (QED) is 0.274. The molecule has 2 amide bonds. The van der Waals surface area contributed by atoms with Crippen LogP contribution >= 0.6 is 46.6 Å². The fraction of sp³-hybridized carbons (Fsp3) is 0.0435. The number of aromatic hydroxyl groups is 1. The van der Waals surface area contributed by atoms with E-state index >= 15 is 0 Å². The summed E-state index contributed by atoms with van der Waals surface area (Å²) in [6, 6.07) is 16.3. The normalized spacial score (nSPS) is 15.2. The number of azo groups is 1. The smallest absolute Gasteiger partial charge is 0.293 e. The molecular weight excluding hydrogens is 505 g/mol. The average Bonchev–Trinajstić information content (AvgIpc) is 3.02. The maximum absolute atomic E-state index is 12.8. The van der Waals surface area contributed by atoms with Gasteiger partial charge < -0.3 is 5.11 Å². The molecule has 1 N–H and O–H groups in total. The van der Waals surface area contributed by atoms with Gasteiger partial charge in [0.1, 0.15) is 11.4 Å². The highest BCUT2D eigenvalue weighted by atomic mass is 35.5. The summed E-state index contributed by atoms with van der Waals surface area (Å²) in [6.45, 7) is 0.102. The molecule has 0 spiro atoms. The first kappa shape index (κ1) is 23.3. The van der Waals surface area contributed by atoms with Crippen LogP contribution < -0.4 is 0 Å². The highest BCUT2D eigenvalue weighted by molar-refractivity contribution is 8.18. The molecule has 0 unspecified atom stereocenters. The topological polar surface area (TPSA) is 82.3 Å². The van der Waals surface area contributed by atoms with Crippen LogP contribution in [0.5, 0.6) is 5.75 Å². The van der Waals surface area contributed by atoms with Crippen LogP contribution in [-0.2, 0) is 11.3 Å². The third-order valence-corrected chi connectivity index (χ3v) is 6.26. The van der Waals surface area contributed by atoms with Crippen LogP contribution in [0.15, 0.2) is 75.8 Å². The Kier molecular flexibility index (Phi) is 7.05. The summed E-state index contributed by atoms with van der Waals surface area (Å²) in [6.07, 6.45) is 1.45. The van der Waals surface area contributed by atoms with E-state index in [1.54, 1.807) is 54.6 Å². The zero-order valence-corrected chi connectivity index (χ0v) is 19.8. The third-order valence-electron chi connectivity index (χ3n) is 4.58. The largest absolute Gasteiger partial charge is 0.507 e. The Hall–Kier alpha value is -2.84. The van der Waals surface area contributed by atoms with Gasteiger partial charge in [-0.25, -0.2) is 0 Å². The Balaban J connectivity index is 1.56. The molecule has 0 saturated carbocycles. The van der Waals surface area contributed by atoms with Crippen molar-refractivity contribution in [2.45, 2.75) is 6.54 Å². The first-order chi connectivity index (χ1) is 15.8. The molecule has 166 valence electrons. The molecule has 0 atom stereocenters. The molecule has 1 aliphatic rings. The Labute approximate surface area is 208 Å². The summed E-state index contributed by atoms with van der Waals surface area (Å²) < 4.78 is 0. The minimum Gasteiger partial charge on any atom is -0.507 e. The molecule has 1 heterocycles. The number of thioether (sulfide) groups is 1. The van der Waals surface area contributed by atoms with Crippen LogP contribution in [0.25, 0.3) is 6.08 Å². The summed E-state index contributed by atoms with van der Waals surface area (Å²) in [4.78, 5) is 26.6. The van der Waals surface area contributed by atoms with Crippen molar-refractivity contribution in [3.8, 4) is 5.75 Å². The second-order valence-electron chi connectivity index (χ2n) is 6.94. The van der Waals surface area contributed by atoms with E-state index in [4.69, 9.17) is 34.8 Å². The molecule has 0 aromatic heterocycles. The van der Waals surface area contributed by atoms with Crippen LogP contribution in [0.2, 0.25) is 15.1 Å². The van der Waals surface area contributed by atoms with Crippen LogP contribution in [0.3, 0.4) is 0 Å². The number of nitrogens with zero attached hydrogens (tertiary/aromatic N) is 3. The Morgan fingerprint density at radius 1 is 0.939 bits per heavy atom. The number of benzene rings is 3. The van der Waals surface area contributed by atoms with Crippen molar-refractivity contribution in [1.82, 2.24) is 4.90 Å². The van der Waals surface area contributed by atoms with E-state index < -0.39 is 11.1 Å². The van der Waals surface area contributed by atoms with Crippen molar-refractivity contribution in [3.63, 3.8) is 0 Å². The zero-order valence-electron chi connectivity index (χ0n) is 16.7. The van der Waals surface area contributed by atoms with Crippen LogP contribution in [0, 0.1) is 0 Å². The monoisotopic (exact) mass is 517 g/mol. The molecule has 0 radical (unpaired) electrons. The second-order valence-corrected chi connectivity index (χ2v) is 9.21.